The van der Waals surface area contributed by atoms with Gasteiger partial charge in [0.2, 0.25) is 5.91 Å². The van der Waals surface area contributed by atoms with Crippen LogP contribution < -0.4 is 25.7 Å². The van der Waals surface area contributed by atoms with Crippen molar-refractivity contribution in [1.82, 2.24) is 20.9 Å². The lowest BCUT2D eigenvalue weighted by Gasteiger charge is -2.35. The van der Waals surface area contributed by atoms with E-state index in [-0.39, 0.29) is 11.9 Å². The van der Waals surface area contributed by atoms with Gasteiger partial charge in [-0.1, -0.05) is 0 Å². The van der Waals surface area contributed by atoms with Crippen LogP contribution in [0.3, 0.4) is 0 Å². The highest BCUT2D eigenvalue weighted by atomic mass is 16.2. The summed E-state index contributed by atoms with van der Waals surface area (Å²) in [7, 11) is 0. The molecule has 0 saturated carbocycles. The highest BCUT2D eigenvalue weighted by molar-refractivity contribution is 6.05. The van der Waals surface area contributed by atoms with Crippen molar-refractivity contribution < 1.29 is 11.0 Å². The summed E-state index contributed by atoms with van der Waals surface area (Å²) in [5.74, 6) is 1.35. The Morgan fingerprint density at radius 2 is 2.04 bits per heavy atom. The molecule has 0 aliphatic carbocycles. The van der Waals surface area contributed by atoms with Crippen LogP contribution in [-0.4, -0.2) is 62.2 Å². The van der Waals surface area contributed by atoms with Gasteiger partial charge in [0.1, 0.15) is 7.23 Å². The first-order chi connectivity index (χ1) is 13.6. The van der Waals surface area contributed by atoms with Crippen LogP contribution in [0, 0.1) is 5.92 Å². The molecule has 3 saturated heterocycles. The van der Waals surface area contributed by atoms with Crippen molar-refractivity contribution in [3.05, 3.63) is 18.3 Å². The fourth-order valence-electron chi connectivity index (χ4n) is 4.14. The summed E-state index contributed by atoms with van der Waals surface area (Å²) in [6.45, 7) is 4.96. The third kappa shape index (κ3) is 4.39. The standard InChI is InChI=1S/C19H28N6O2/c26-18-5-10-25(19(27)23-18)16-1-2-17(22-13-16)24-8-3-14(4-9-24)11-15-12-20-6-7-21-15/h1-2,13-15,20-21H,3-12H2,(H,23,26,27)/i/hD. The fraction of sp³-hybridized carbons (Fsp3) is 0.632. The van der Waals surface area contributed by atoms with Crippen molar-refractivity contribution in [2.75, 3.05) is 49.1 Å². The number of hydrogen-bond donors (Lipinski definition) is 3. The molecule has 146 valence electrons. The topological polar surface area (TPSA) is 89.6 Å². The van der Waals surface area contributed by atoms with Crippen molar-refractivity contribution in [3.63, 3.8) is 0 Å². The minimum Gasteiger partial charge on any atom is -0.357 e. The van der Waals surface area contributed by atoms with Crippen LogP contribution in [-0.2, 0) is 4.79 Å². The molecule has 3 amide bonds. The van der Waals surface area contributed by atoms with Gasteiger partial charge in [0.15, 0.2) is 0 Å². The quantitative estimate of drug-likeness (QED) is 0.720. The second-order valence-corrected chi connectivity index (χ2v) is 7.56. The van der Waals surface area contributed by atoms with Gasteiger partial charge in [0.25, 0.3) is 0 Å². The first-order valence-electron chi connectivity index (χ1n) is 10.3. The number of rotatable bonds is 4. The molecule has 1 unspecified atom stereocenters. The Bertz CT molecular complexity index is 707. The van der Waals surface area contributed by atoms with E-state index in [0.717, 1.165) is 57.8 Å². The maximum absolute atomic E-state index is 11.9. The van der Waals surface area contributed by atoms with Gasteiger partial charge < -0.3 is 15.5 Å². The molecule has 4 rings (SSSR count). The molecular formula is C19H28N6O2. The predicted molar refractivity (Wildman–Crippen MR) is 104 cm³/mol. The Morgan fingerprint density at radius 1 is 1.19 bits per heavy atom. The molecular weight excluding hydrogens is 344 g/mol. The zero-order valence-corrected chi connectivity index (χ0v) is 15.6. The van der Waals surface area contributed by atoms with Gasteiger partial charge in [-0.25, -0.2) is 9.78 Å². The van der Waals surface area contributed by atoms with Crippen molar-refractivity contribution in [2.24, 2.45) is 5.92 Å². The molecule has 8 nitrogen and oxygen atoms in total. The maximum atomic E-state index is 11.9. The van der Waals surface area contributed by atoms with E-state index in [1.54, 1.807) is 16.4 Å². The number of piperidine rings is 1. The fourth-order valence-corrected chi connectivity index (χ4v) is 4.14. The lowest BCUT2D eigenvalue weighted by molar-refractivity contribution is -0.120. The van der Waals surface area contributed by atoms with E-state index in [1.165, 1.54) is 0 Å². The Hall–Kier alpha value is -2.19. The first-order valence-corrected chi connectivity index (χ1v) is 9.89. The second kappa shape index (κ2) is 8.22. The zero-order valence-electron chi connectivity index (χ0n) is 16.6. The summed E-state index contributed by atoms with van der Waals surface area (Å²) < 4.78 is 8.07. The van der Waals surface area contributed by atoms with Crippen LogP contribution in [0.15, 0.2) is 18.3 Å². The normalized spacial score (nSPS) is 26.1. The third-order valence-corrected chi connectivity index (χ3v) is 5.70. The summed E-state index contributed by atoms with van der Waals surface area (Å²) in [5, 5.41) is 7.47. The van der Waals surface area contributed by atoms with Crippen molar-refractivity contribution in [2.45, 2.75) is 31.7 Å². The monoisotopic (exact) mass is 373 g/mol. The van der Waals surface area contributed by atoms with Gasteiger partial charge in [0, 0.05) is 51.7 Å². The van der Waals surface area contributed by atoms with Crippen molar-refractivity contribution in [3.8, 4) is 0 Å². The van der Waals surface area contributed by atoms with E-state index in [4.69, 9.17) is 1.41 Å². The average molecular weight is 373 g/mol. The third-order valence-electron chi connectivity index (χ3n) is 5.70. The molecule has 0 aromatic carbocycles. The number of imide groups is 1. The number of urea groups is 1. The lowest BCUT2D eigenvalue weighted by atomic mass is 9.89. The summed E-state index contributed by atoms with van der Waals surface area (Å²) >= 11 is 0. The Kier molecular flexibility index (Phi) is 5.16. The molecule has 1 aromatic heterocycles. The Morgan fingerprint density at radius 3 is 2.74 bits per heavy atom. The number of carbonyl (C=O) groups is 2. The maximum Gasteiger partial charge on any atom is 0.328 e. The van der Waals surface area contributed by atoms with Crippen molar-refractivity contribution >= 4 is 23.4 Å². The van der Waals surface area contributed by atoms with E-state index in [1.807, 2.05) is 12.1 Å². The van der Waals surface area contributed by atoms with E-state index in [9.17, 15) is 9.59 Å². The highest BCUT2D eigenvalue weighted by Crippen LogP contribution is 2.26. The highest BCUT2D eigenvalue weighted by Gasteiger charge is 2.26. The van der Waals surface area contributed by atoms with Gasteiger partial charge in [-0.3, -0.25) is 15.0 Å². The molecule has 27 heavy (non-hydrogen) atoms. The molecule has 8 heteroatoms. The van der Waals surface area contributed by atoms with Crippen LogP contribution in [0.2, 0.25) is 1.41 Å². The van der Waals surface area contributed by atoms with Gasteiger partial charge in [0.05, 0.1) is 11.9 Å². The SMILES string of the molecule is [2H]N1CCNCC1CC1CCN(c2ccc(N3CCC(=O)NC3=O)cn2)CC1. The number of nitrogens with zero attached hydrogens (tertiary/aromatic N) is 3. The molecule has 0 spiro atoms. The Balaban J connectivity index is 1.30. The number of anilines is 2. The summed E-state index contributed by atoms with van der Waals surface area (Å²) in [4.78, 5) is 31.6. The van der Waals surface area contributed by atoms with E-state index in [2.05, 4.69) is 20.5 Å². The predicted octanol–water partition coefficient (Wildman–Crippen LogP) is 0.696. The summed E-state index contributed by atoms with van der Waals surface area (Å²) in [6.07, 6.45) is 5.34. The minimum absolute atomic E-state index is 0.230. The number of pyridine rings is 1. The van der Waals surface area contributed by atoms with E-state index < -0.39 is 0 Å². The molecule has 4 heterocycles. The smallest absolute Gasteiger partial charge is 0.328 e. The molecule has 0 bridgehead atoms. The molecule has 1 atom stereocenters. The second-order valence-electron chi connectivity index (χ2n) is 7.56. The number of nitrogens with one attached hydrogen (secondary N) is 3. The van der Waals surface area contributed by atoms with Crippen LogP contribution in [0.5, 0.6) is 0 Å². The van der Waals surface area contributed by atoms with Crippen LogP contribution in [0.25, 0.3) is 0 Å². The van der Waals surface area contributed by atoms with Crippen molar-refractivity contribution in [1.29, 1.82) is 0 Å². The van der Waals surface area contributed by atoms with E-state index in [0.29, 0.717) is 30.6 Å². The molecule has 3 fully saturated rings. The summed E-state index contributed by atoms with van der Waals surface area (Å²) in [6, 6.07) is 3.79. The number of amides is 3. The number of piperazine rings is 1. The van der Waals surface area contributed by atoms with Crippen LogP contribution in [0.1, 0.15) is 25.7 Å². The average Bonchev–Trinajstić information content (AvgIpc) is 2.71. The number of hydrogen-bond acceptors (Lipinski definition) is 6. The molecule has 3 N–H and O–H groups in total. The van der Waals surface area contributed by atoms with E-state index >= 15 is 0 Å². The summed E-state index contributed by atoms with van der Waals surface area (Å²) in [5.41, 5.74) is 0.712. The molecule has 3 aliphatic heterocycles. The zero-order chi connectivity index (χ0) is 19.5. The van der Waals surface area contributed by atoms with Gasteiger partial charge in [-0.15, -0.1) is 0 Å². The van der Waals surface area contributed by atoms with Gasteiger partial charge in [-0.05, 0) is 37.3 Å². The molecule has 3 aliphatic rings. The molecule has 1 aromatic rings. The largest absolute Gasteiger partial charge is 0.357 e. The van der Waals surface area contributed by atoms with Crippen LogP contribution >= 0.6 is 0 Å². The van der Waals surface area contributed by atoms with Gasteiger partial charge >= 0.3 is 6.03 Å². The number of aromatic nitrogens is 1. The number of carbonyl (C=O) groups excluding carboxylic acids is 2. The minimum atomic E-state index is -0.382. The van der Waals surface area contributed by atoms with Gasteiger partial charge in [-0.2, -0.15) is 0 Å². The van der Waals surface area contributed by atoms with Crippen LogP contribution in [0.4, 0.5) is 16.3 Å². The Labute approximate surface area is 161 Å². The first kappa shape index (κ1) is 16.9. The molecule has 0 radical (unpaired) electrons. The lowest BCUT2D eigenvalue weighted by Crippen LogP contribution is -2.49.